The summed E-state index contributed by atoms with van der Waals surface area (Å²) in [5, 5.41) is 1.11. The minimum Gasteiger partial charge on any atom is -0.459 e. The topological polar surface area (TPSA) is 39.2 Å². The van der Waals surface area contributed by atoms with Gasteiger partial charge in [0.15, 0.2) is 0 Å². The van der Waals surface area contributed by atoms with Crippen molar-refractivity contribution in [3.63, 3.8) is 0 Å². The molecule has 0 saturated carbocycles. The molecule has 1 heterocycles. The summed E-state index contributed by atoms with van der Waals surface area (Å²) in [5.74, 6) is 0.844. The Balaban J connectivity index is 2.15. The molecule has 0 aliphatic rings. The molecule has 1 aromatic heterocycles. The summed E-state index contributed by atoms with van der Waals surface area (Å²) in [5.41, 5.74) is 12.0. The Hall–Kier alpha value is -1.58. The second kappa shape index (κ2) is 5.32. The Morgan fingerprint density at radius 3 is 2.57 bits per heavy atom. The van der Waals surface area contributed by atoms with E-state index in [9.17, 15) is 0 Å². The average Bonchev–Trinajstić information content (AvgIpc) is 2.78. The van der Waals surface area contributed by atoms with E-state index in [1.165, 1.54) is 11.1 Å². The fourth-order valence-corrected chi connectivity index (χ4v) is 3.11. The van der Waals surface area contributed by atoms with Crippen LogP contribution >= 0.6 is 15.9 Å². The highest BCUT2D eigenvalue weighted by molar-refractivity contribution is 9.10. The van der Waals surface area contributed by atoms with Gasteiger partial charge in [0.1, 0.15) is 11.3 Å². The Morgan fingerprint density at radius 2 is 1.81 bits per heavy atom. The van der Waals surface area contributed by atoms with Crippen LogP contribution in [0.3, 0.4) is 0 Å². The summed E-state index contributed by atoms with van der Waals surface area (Å²) in [7, 11) is 0. The van der Waals surface area contributed by atoms with Gasteiger partial charge in [0.25, 0.3) is 0 Å². The smallest absolute Gasteiger partial charge is 0.134 e. The van der Waals surface area contributed by atoms with Gasteiger partial charge in [-0.3, -0.25) is 0 Å². The molecule has 0 spiro atoms. The van der Waals surface area contributed by atoms with Crippen LogP contribution in [0.1, 0.15) is 34.1 Å². The number of nitrogens with two attached hydrogens (primary N) is 1. The molecule has 1 unspecified atom stereocenters. The molecule has 0 radical (unpaired) electrons. The molecule has 0 fully saturated rings. The maximum Gasteiger partial charge on any atom is 0.134 e. The molecular weight excluding hydrogens is 326 g/mol. The Morgan fingerprint density at radius 1 is 1.05 bits per heavy atom. The number of benzene rings is 2. The predicted molar refractivity (Wildman–Crippen MR) is 90.6 cm³/mol. The molecule has 3 heteroatoms. The number of hydrogen-bond donors (Lipinski definition) is 1. The lowest BCUT2D eigenvalue weighted by atomic mass is 9.96. The van der Waals surface area contributed by atoms with E-state index in [1.54, 1.807) is 0 Å². The first-order valence-electron chi connectivity index (χ1n) is 6.98. The molecule has 108 valence electrons. The molecule has 3 aromatic rings. The lowest BCUT2D eigenvalue weighted by Gasteiger charge is -2.14. The van der Waals surface area contributed by atoms with Gasteiger partial charge in [-0.05, 0) is 50.1 Å². The van der Waals surface area contributed by atoms with Crippen LogP contribution in [0.25, 0.3) is 11.0 Å². The monoisotopic (exact) mass is 343 g/mol. The van der Waals surface area contributed by atoms with Gasteiger partial charge in [0.2, 0.25) is 0 Å². The van der Waals surface area contributed by atoms with E-state index in [-0.39, 0.29) is 6.04 Å². The van der Waals surface area contributed by atoms with Crippen LogP contribution in [0, 0.1) is 20.8 Å². The van der Waals surface area contributed by atoms with Crippen molar-refractivity contribution in [1.29, 1.82) is 0 Å². The van der Waals surface area contributed by atoms with Crippen LogP contribution in [0.5, 0.6) is 0 Å². The Bertz CT molecular complexity index is 819. The number of halogens is 1. The van der Waals surface area contributed by atoms with E-state index in [2.05, 4.69) is 61.0 Å². The van der Waals surface area contributed by atoms with Crippen LogP contribution in [0.2, 0.25) is 0 Å². The second-order valence-electron chi connectivity index (χ2n) is 5.57. The van der Waals surface area contributed by atoms with Gasteiger partial charge in [-0.2, -0.15) is 0 Å². The van der Waals surface area contributed by atoms with Crippen molar-refractivity contribution in [2.75, 3.05) is 0 Å². The fraction of sp³-hybridized carbons (Fsp3) is 0.222. The van der Waals surface area contributed by atoms with Crippen molar-refractivity contribution in [2.24, 2.45) is 5.73 Å². The summed E-state index contributed by atoms with van der Waals surface area (Å²) in [6.07, 6.45) is 0. The zero-order valence-corrected chi connectivity index (χ0v) is 14.0. The first-order chi connectivity index (χ1) is 9.97. The predicted octanol–water partition coefficient (Wildman–Crippen LogP) is 5.17. The maximum atomic E-state index is 6.48. The van der Waals surface area contributed by atoms with E-state index in [4.69, 9.17) is 10.2 Å². The third kappa shape index (κ3) is 2.52. The van der Waals surface area contributed by atoms with E-state index < -0.39 is 0 Å². The highest BCUT2D eigenvalue weighted by Crippen LogP contribution is 2.34. The van der Waals surface area contributed by atoms with Gasteiger partial charge >= 0.3 is 0 Å². The van der Waals surface area contributed by atoms with Gasteiger partial charge in [-0.15, -0.1) is 0 Å². The summed E-state index contributed by atoms with van der Waals surface area (Å²) >= 11 is 3.51. The van der Waals surface area contributed by atoms with Crippen molar-refractivity contribution in [3.8, 4) is 0 Å². The largest absolute Gasteiger partial charge is 0.459 e. The van der Waals surface area contributed by atoms with E-state index in [1.807, 2.05) is 12.1 Å². The molecule has 0 amide bonds. The molecule has 2 N–H and O–H groups in total. The van der Waals surface area contributed by atoms with E-state index >= 15 is 0 Å². The summed E-state index contributed by atoms with van der Waals surface area (Å²) < 4.78 is 7.07. The van der Waals surface area contributed by atoms with Crippen molar-refractivity contribution < 1.29 is 4.42 Å². The van der Waals surface area contributed by atoms with Crippen LogP contribution in [-0.4, -0.2) is 0 Å². The van der Waals surface area contributed by atoms with Gasteiger partial charge in [0.05, 0.1) is 6.04 Å². The summed E-state index contributed by atoms with van der Waals surface area (Å²) in [6, 6.07) is 12.2. The average molecular weight is 344 g/mol. The third-order valence-corrected chi connectivity index (χ3v) is 4.48. The lowest BCUT2D eigenvalue weighted by Crippen LogP contribution is -2.13. The highest BCUT2D eigenvalue weighted by atomic mass is 79.9. The highest BCUT2D eigenvalue weighted by Gasteiger charge is 2.20. The molecule has 0 aliphatic heterocycles. The van der Waals surface area contributed by atoms with Crippen LogP contribution < -0.4 is 5.73 Å². The Labute approximate surface area is 133 Å². The maximum absolute atomic E-state index is 6.48. The normalized spacial score (nSPS) is 12.8. The first kappa shape index (κ1) is 14.4. The zero-order valence-electron chi connectivity index (χ0n) is 12.4. The molecule has 2 nitrogen and oxygen atoms in total. The van der Waals surface area contributed by atoms with E-state index in [0.717, 1.165) is 32.3 Å². The van der Waals surface area contributed by atoms with Crippen molar-refractivity contribution >= 4 is 26.9 Å². The van der Waals surface area contributed by atoms with Gasteiger partial charge in [-0.25, -0.2) is 0 Å². The van der Waals surface area contributed by atoms with Crippen LogP contribution in [0.4, 0.5) is 0 Å². The molecular formula is C18H18BrNO. The SMILES string of the molecule is Cc1ccc(C)c(C(N)c2oc3ccc(Br)cc3c2C)c1. The number of aryl methyl sites for hydroxylation is 3. The van der Waals surface area contributed by atoms with Crippen molar-refractivity contribution in [1.82, 2.24) is 0 Å². The summed E-state index contributed by atoms with van der Waals surface area (Å²) in [4.78, 5) is 0. The van der Waals surface area contributed by atoms with Crippen LogP contribution in [0.15, 0.2) is 45.3 Å². The number of furan rings is 1. The fourth-order valence-electron chi connectivity index (χ4n) is 2.74. The number of fused-ring (bicyclic) bond motifs is 1. The summed E-state index contributed by atoms with van der Waals surface area (Å²) in [6.45, 7) is 6.24. The zero-order chi connectivity index (χ0) is 15.1. The molecule has 3 rings (SSSR count). The van der Waals surface area contributed by atoms with Gasteiger partial charge in [-0.1, -0.05) is 39.7 Å². The molecule has 0 aliphatic carbocycles. The minimum atomic E-state index is -0.240. The number of hydrogen-bond acceptors (Lipinski definition) is 2. The van der Waals surface area contributed by atoms with Crippen LogP contribution in [-0.2, 0) is 0 Å². The molecule has 2 aromatic carbocycles. The van der Waals surface area contributed by atoms with E-state index in [0.29, 0.717) is 0 Å². The van der Waals surface area contributed by atoms with Crippen molar-refractivity contribution in [2.45, 2.75) is 26.8 Å². The first-order valence-corrected chi connectivity index (χ1v) is 7.78. The lowest BCUT2D eigenvalue weighted by molar-refractivity contribution is 0.520. The Kier molecular flexibility index (Phi) is 3.64. The molecule has 0 saturated heterocycles. The standard InChI is InChI=1S/C18H18BrNO/c1-10-4-5-11(2)14(8-10)17(20)18-12(3)15-9-13(19)6-7-16(15)21-18/h4-9,17H,20H2,1-3H3. The van der Waals surface area contributed by atoms with Gasteiger partial charge < -0.3 is 10.2 Å². The number of rotatable bonds is 2. The molecule has 0 bridgehead atoms. The van der Waals surface area contributed by atoms with Crippen molar-refractivity contribution in [3.05, 3.63) is 68.9 Å². The molecule has 21 heavy (non-hydrogen) atoms. The minimum absolute atomic E-state index is 0.240. The van der Waals surface area contributed by atoms with Gasteiger partial charge in [0, 0.05) is 15.4 Å². The quantitative estimate of drug-likeness (QED) is 0.697. The second-order valence-corrected chi connectivity index (χ2v) is 6.49. The third-order valence-electron chi connectivity index (χ3n) is 3.99. The molecule has 1 atom stereocenters.